The van der Waals surface area contributed by atoms with Crippen molar-refractivity contribution in [1.82, 2.24) is 10.3 Å². The standard InChI is InChI=1S/C23H17F3N2O2/c24-19-5-1-3-14(22(19)26)6-7-21(29)28-13-18-10-17-9-16(11-20(25)23(17)30-18)15-4-2-8-27-12-15/h1-9,11-12,18H,10,13H2,(H,28,29)/b7-6+. The maximum Gasteiger partial charge on any atom is 0.244 e. The Morgan fingerprint density at radius 1 is 1.13 bits per heavy atom. The molecule has 30 heavy (non-hydrogen) atoms. The Labute approximate surface area is 171 Å². The minimum absolute atomic E-state index is 0.0281. The summed E-state index contributed by atoms with van der Waals surface area (Å²) in [5, 5.41) is 2.63. The fourth-order valence-corrected chi connectivity index (χ4v) is 3.29. The van der Waals surface area contributed by atoms with Gasteiger partial charge in [-0.3, -0.25) is 9.78 Å². The first-order valence-electron chi connectivity index (χ1n) is 9.30. The van der Waals surface area contributed by atoms with E-state index in [0.717, 1.165) is 17.7 Å². The first-order chi connectivity index (χ1) is 14.5. The minimum Gasteiger partial charge on any atom is -0.485 e. The second-order valence-electron chi connectivity index (χ2n) is 6.85. The first kappa shape index (κ1) is 19.7. The van der Waals surface area contributed by atoms with Crippen LogP contribution in [0, 0.1) is 17.5 Å². The summed E-state index contributed by atoms with van der Waals surface area (Å²) in [6.45, 7) is 0.144. The number of nitrogens with one attached hydrogen (secondary N) is 1. The summed E-state index contributed by atoms with van der Waals surface area (Å²) in [6.07, 6.45) is 5.61. The Balaban J connectivity index is 1.38. The second kappa shape index (κ2) is 8.41. The van der Waals surface area contributed by atoms with Crippen molar-refractivity contribution in [2.45, 2.75) is 12.5 Å². The van der Waals surface area contributed by atoms with Crippen LogP contribution in [0.5, 0.6) is 5.75 Å². The molecule has 1 unspecified atom stereocenters. The van der Waals surface area contributed by atoms with E-state index in [1.54, 1.807) is 18.5 Å². The SMILES string of the molecule is O=C(/C=C/c1cccc(F)c1F)NCC1Cc2cc(-c3cccnc3)cc(F)c2O1. The highest BCUT2D eigenvalue weighted by Gasteiger charge is 2.27. The third-order valence-electron chi connectivity index (χ3n) is 4.75. The number of hydrogen-bond acceptors (Lipinski definition) is 3. The molecule has 3 aromatic rings. The van der Waals surface area contributed by atoms with Crippen LogP contribution in [-0.4, -0.2) is 23.5 Å². The summed E-state index contributed by atoms with van der Waals surface area (Å²) in [5.74, 6) is -2.78. The Morgan fingerprint density at radius 3 is 2.80 bits per heavy atom. The molecule has 2 aromatic carbocycles. The van der Waals surface area contributed by atoms with Gasteiger partial charge in [0.05, 0.1) is 6.54 Å². The van der Waals surface area contributed by atoms with Gasteiger partial charge >= 0.3 is 0 Å². The van der Waals surface area contributed by atoms with Crippen LogP contribution in [0.4, 0.5) is 13.2 Å². The lowest BCUT2D eigenvalue weighted by atomic mass is 10.0. The zero-order chi connectivity index (χ0) is 21.1. The first-order valence-corrected chi connectivity index (χ1v) is 9.30. The number of carbonyl (C=O) groups excluding carboxylic acids is 1. The molecule has 2 heterocycles. The summed E-state index contributed by atoms with van der Waals surface area (Å²) < 4.78 is 46.9. The Morgan fingerprint density at radius 2 is 2.00 bits per heavy atom. The van der Waals surface area contributed by atoms with Crippen molar-refractivity contribution in [3.8, 4) is 16.9 Å². The zero-order valence-electron chi connectivity index (χ0n) is 15.7. The number of carbonyl (C=O) groups is 1. The number of fused-ring (bicyclic) bond motifs is 1. The predicted octanol–water partition coefficient (Wildman–Crippen LogP) is 4.30. The molecule has 1 N–H and O–H groups in total. The van der Waals surface area contributed by atoms with Crippen LogP contribution in [0.3, 0.4) is 0 Å². The fraction of sp³-hybridized carbons (Fsp3) is 0.130. The Kier molecular flexibility index (Phi) is 5.52. The normalized spacial score (nSPS) is 15.1. The number of nitrogens with zero attached hydrogens (tertiary/aromatic N) is 1. The number of amides is 1. The van der Waals surface area contributed by atoms with E-state index in [0.29, 0.717) is 17.5 Å². The quantitative estimate of drug-likeness (QED) is 0.638. The molecule has 0 spiro atoms. The van der Waals surface area contributed by atoms with Gasteiger partial charge in [-0.2, -0.15) is 0 Å². The van der Waals surface area contributed by atoms with E-state index in [2.05, 4.69) is 10.3 Å². The molecule has 1 aromatic heterocycles. The number of hydrogen-bond donors (Lipinski definition) is 1. The number of aromatic nitrogens is 1. The molecule has 0 aliphatic carbocycles. The van der Waals surface area contributed by atoms with Crippen molar-refractivity contribution in [3.05, 3.63) is 89.5 Å². The summed E-state index contributed by atoms with van der Waals surface area (Å²) >= 11 is 0. The van der Waals surface area contributed by atoms with Gasteiger partial charge in [-0.25, -0.2) is 13.2 Å². The third-order valence-corrected chi connectivity index (χ3v) is 4.75. The fourth-order valence-electron chi connectivity index (χ4n) is 3.29. The molecule has 1 amide bonds. The molecule has 1 aliphatic heterocycles. The molecule has 0 saturated carbocycles. The highest BCUT2D eigenvalue weighted by molar-refractivity contribution is 5.91. The summed E-state index contributed by atoms with van der Waals surface area (Å²) in [4.78, 5) is 16.0. The maximum absolute atomic E-state index is 14.5. The second-order valence-corrected chi connectivity index (χ2v) is 6.85. The van der Waals surface area contributed by atoms with Crippen LogP contribution in [0.2, 0.25) is 0 Å². The molecular weight excluding hydrogens is 393 g/mol. The maximum atomic E-state index is 14.5. The van der Waals surface area contributed by atoms with Gasteiger partial charge in [-0.05, 0) is 35.9 Å². The molecule has 4 nitrogen and oxygen atoms in total. The van der Waals surface area contributed by atoms with E-state index in [4.69, 9.17) is 4.74 Å². The molecule has 0 saturated heterocycles. The number of ether oxygens (including phenoxy) is 1. The van der Waals surface area contributed by atoms with Crippen LogP contribution < -0.4 is 10.1 Å². The zero-order valence-corrected chi connectivity index (χ0v) is 15.7. The molecule has 7 heteroatoms. The average Bonchev–Trinajstić information content (AvgIpc) is 3.18. The van der Waals surface area contributed by atoms with Gasteiger partial charge in [0.2, 0.25) is 5.91 Å². The van der Waals surface area contributed by atoms with Crippen LogP contribution in [0.25, 0.3) is 17.2 Å². The predicted molar refractivity (Wildman–Crippen MR) is 106 cm³/mol. The summed E-state index contributed by atoms with van der Waals surface area (Å²) in [5.41, 5.74) is 2.18. The molecule has 1 aliphatic rings. The lowest BCUT2D eigenvalue weighted by Gasteiger charge is -2.11. The molecule has 152 valence electrons. The highest BCUT2D eigenvalue weighted by atomic mass is 19.2. The van der Waals surface area contributed by atoms with Crippen molar-refractivity contribution in [3.63, 3.8) is 0 Å². The Bertz CT molecular complexity index is 1120. The van der Waals surface area contributed by atoms with Gasteiger partial charge in [-0.1, -0.05) is 18.2 Å². The van der Waals surface area contributed by atoms with Crippen LogP contribution in [0.15, 0.2) is 60.9 Å². The van der Waals surface area contributed by atoms with Gasteiger partial charge < -0.3 is 10.1 Å². The topological polar surface area (TPSA) is 51.2 Å². The van der Waals surface area contributed by atoms with E-state index in [1.165, 1.54) is 24.3 Å². The molecule has 0 bridgehead atoms. The van der Waals surface area contributed by atoms with E-state index in [1.807, 2.05) is 12.1 Å². The molecule has 0 radical (unpaired) electrons. The van der Waals surface area contributed by atoms with Gasteiger partial charge in [0.25, 0.3) is 0 Å². The molecular formula is C23H17F3N2O2. The van der Waals surface area contributed by atoms with Crippen molar-refractivity contribution in [2.75, 3.05) is 6.54 Å². The smallest absolute Gasteiger partial charge is 0.244 e. The van der Waals surface area contributed by atoms with E-state index in [-0.39, 0.29) is 17.9 Å². The van der Waals surface area contributed by atoms with E-state index in [9.17, 15) is 18.0 Å². The van der Waals surface area contributed by atoms with E-state index >= 15 is 0 Å². The third kappa shape index (κ3) is 4.20. The monoisotopic (exact) mass is 410 g/mol. The van der Waals surface area contributed by atoms with E-state index < -0.39 is 29.5 Å². The largest absolute Gasteiger partial charge is 0.485 e. The van der Waals surface area contributed by atoms with Crippen LogP contribution >= 0.6 is 0 Å². The number of pyridine rings is 1. The summed E-state index contributed by atoms with van der Waals surface area (Å²) in [6, 6.07) is 10.6. The summed E-state index contributed by atoms with van der Waals surface area (Å²) in [7, 11) is 0. The number of halogens is 3. The van der Waals surface area contributed by atoms with Gasteiger partial charge in [0.15, 0.2) is 23.2 Å². The van der Waals surface area contributed by atoms with Crippen molar-refractivity contribution in [1.29, 1.82) is 0 Å². The van der Waals surface area contributed by atoms with Crippen LogP contribution in [-0.2, 0) is 11.2 Å². The number of benzene rings is 2. The average molecular weight is 410 g/mol. The molecule has 1 atom stereocenters. The van der Waals surface area contributed by atoms with Gasteiger partial charge in [0, 0.05) is 41.6 Å². The van der Waals surface area contributed by atoms with Crippen molar-refractivity contribution >= 4 is 12.0 Å². The minimum atomic E-state index is -1.02. The van der Waals surface area contributed by atoms with Crippen LogP contribution in [0.1, 0.15) is 11.1 Å². The van der Waals surface area contributed by atoms with Gasteiger partial charge in [-0.15, -0.1) is 0 Å². The Hall–Kier alpha value is -3.61. The number of rotatable bonds is 5. The van der Waals surface area contributed by atoms with Crippen molar-refractivity contribution in [2.24, 2.45) is 0 Å². The highest BCUT2D eigenvalue weighted by Crippen LogP contribution is 2.35. The lowest BCUT2D eigenvalue weighted by molar-refractivity contribution is -0.116. The lowest BCUT2D eigenvalue weighted by Crippen LogP contribution is -2.33. The van der Waals surface area contributed by atoms with Gasteiger partial charge in [0.1, 0.15) is 6.10 Å². The molecule has 0 fully saturated rings. The molecule has 4 rings (SSSR count). The van der Waals surface area contributed by atoms with Crippen molar-refractivity contribution < 1.29 is 22.7 Å².